The molecule has 3 rings (SSSR count). The van der Waals surface area contributed by atoms with Gasteiger partial charge in [-0.15, -0.1) is 0 Å². The summed E-state index contributed by atoms with van der Waals surface area (Å²) in [6.45, 7) is 5.31. The molecule has 0 amide bonds. The first-order valence-electron chi connectivity index (χ1n) is 7.48. The molecule has 1 unspecified atom stereocenters. The average molecular weight is 289 g/mol. The van der Waals surface area contributed by atoms with E-state index in [0.717, 1.165) is 31.9 Å². The third-order valence-electron chi connectivity index (χ3n) is 4.20. The Kier molecular flexibility index (Phi) is 4.07. The highest BCUT2D eigenvalue weighted by molar-refractivity contribution is 5.21. The van der Waals surface area contributed by atoms with Gasteiger partial charge in [0, 0.05) is 46.1 Å². The minimum atomic E-state index is 0.248. The molecule has 0 radical (unpaired) electrons. The maximum atomic E-state index is 5.72. The maximum absolute atomic E-state index is 5.72. The monoisotopic (exact) mass is 289 g/mol. The van der Waals surface area contributed by atoms with E-state index in [9.17, 15) is 0 Å². The average Bonchev–Trinajstić information content (AvgIpc) is 3.05. The van der Waals surface area contributed by atoms with Crippen LogP contribution in [0.2, 0.25) is 0 Å². The predicted molar refractivity (Wildman–Crippen MR) is 79.8 cm³/mol. The van der Waals surface area contributed by atoms with Crippen LogP contribution in [0.5, 0.6) is 0 Å². The highest BCUT2D eigenvalue weighted by atomic mass is 16.5. The number of aromatic nitrogens is 4. The topological polar surface area (TPSA) is 48.1 Å². The van der Waals surface area contributed by atoms with Crippen molar-refractivity contribution in [1.29, 1.82) is 0 Å². The standard InChI is InChI=1S/C15H23N5O/c1-4-21-10-13-15-12(17-11-19(15)3)5-7-20(13)9-14-16-6-8-18(14)2/h6,8,11,13H,4-5,7,9-10H2,1-3H3. The maximum Gasteiger partial charge on any atom is 0.122 e. The Labute approximate surface area is 125 Å². The molecule has 6 heteroatoms. The minimum absolute atomic E-state index is 0.248. The van der Waals surface area contributed by atoms with Crippen LogP contribution in [-0.4, -0.2) is 43.8 Å². The normalized spacial score (nSPS) is 18.9. The van der Waals surface area contributed by atoms with E-state index in [1.165, 1.54) is 11.4 Å². The second kappa shape index (κ2) is 5.99. The fourth-order valence-corrected chi connectivity index (χ4v) is 3.02. The molecule has 0 aromatic carbocycles. The van der Waals surface area contributed by atoms with Gasteiger partial charge in [-0.3, -0.25) is 4.90 Å². The van der Waals surface area contributed by atoms with E-state index in [0.29, 0.717) is 6.61 Å². The summed E-state index contributed by atoms with van der Waals surface area (Å²) in [5, 5.41) is 0. The third-order valence-corrected chi connectivity index (χ3v) is 4.20. The van der Waals surface area contributed by atoms with Crippen LogP contribution in [0.4, 0.5) is 0 Å². The Morgan fingerprint density at radius 2 is 2.14 bits per heavy atom. The van der Waals surface area contributed by atoms with Gasteiger partial charge in [0.2, 0.25) is 0 Å². The van der Waals surface area contributed by atoms with Crippen molar-refractivity contribution in [2.24, 2.45) is 14.1 Å². The van der Waals surface area contributed by atoms with Crippen molar-refractivity contribution in [2.45, 2.75) is 25.9 Å². The number of ether oxygens (including phenoxy) is 1. The van der Waals surface area contributed by atoms with Crippen LogP contribution in [0.25, 0.3) is 0 Å². The lowest BCUT2D eigenvalue weighted by molar-refractivity contribution is 0.0502. The minimum Gasteiger partial charge on any atom is -0.380 e. The van der Waals surface area contributed by atoms with Gasteiger partial charge in [0.25, 0.3) is 0 Å². The molecule has 1 aliphatic heterocycles. The van der Waals surface area contributed by atoms with E-state index < -0.39 is 0 Å². The van der Waals surface area contributed by atoms with Gasteiger partial charge >= 0.3 is 0 Å². The Hall–Kier alpha value is -1.66. The van der Waals surface area contributed by atoms with Crippen molar-refractivity contribution in [2.75, 3.05) is 19.8 Å². The lowest BCUT2D eigenvalue weighted by atomic mass is 10.0. The quantitative estimate of drug-likeness (QED) is 0.832. The van der Waals surface area contributed by atoms with E-state index in [2.05, 4.69) is 31.0 Å². The zero-order chi connectivity index (χ0) is 14.8. The van der Waals surface area contributed by atoms with E-state index in [1.807, 2.05) is 32.7 Å². The number of fused-ring (bicyclic) bond motifs is 1. The molecule has 0 saturated heterocycles. The Morgan fingerprint density at radius 3 is 2.86 bits per heavy atom. The summed E-state index contributed by atoms with van der Waals surface area (Å²) < 4.78 is 9.93. The Morgan fingerprint density at radius 1 is 1.29 bits per heavy atom. The van der Waals surface area contributed by atoms with Gasteiger partial charge in [0.1, 0.15) is 5.82 Å². The molecular weight excluding hydrogens is 266 g/mol. The summed E-state index contributed by atoms with van der Waals surface area (Å²) in [4.78, 5) is 11.4. The van der Waals surface area contributed by atoms with Crippen molar-refractivity contribution < 1.29 is 4.74 Å². The number of hydrogen-bond donors (Lipinski definition) is 0. The van der Waals surface area contributed by atoms with Crippen molar-refractivity contribution in [3.05, 3.63) is 35.9 Å². The van der Waals surface area contributed by atoms with Crippen LogP contribution >= 0.6 is 0 Å². The summed E-state index contributed by atoms with van der Waals surface area (Å²) in [5.41, 5.74) is 2.49. The zero-order valence-electron chi connectivity index (χ0n) is 13.0. The molecule has 0 saturated carbocycles. The third kappa shape index (κ3) is 2.73. The summed E-state index contributed by atoms with van der Waals surface area (Å²) in [7, 11) is 4.11. The second-order valence-electron chi connectivity index (χ2n) is 5.54. The van der Waals surface area contributed by atoms with Crippen molar-refractivity contribution >= 4 is 0 Å². The second-order valence-corrected chi connectivity index (χ2v) is 5.54. The molecule has 3 heterocycles. The summed E-state index contributed by atoms with van der Waals surface area (Å²) in [6.07, 6.45) is 6.75. The van der Waals surface area contributed by atoms with Crippen molar-refractivity contribution in [1.82, 2.24) is 24.0 Å². The molecule has 0 N–H and O–H groups in total. The molecule has 21 heavy (non-hydrogen) atoms. The van der Waals surface area contributed by atoms with Gasteiger partial charge in [-0.25, -0.2) is 9.97 Å². The summed E-state index contributed by atoms with van der Waals surface area (Å²) in [6, 6.07) is 0.248. The first-order valence-corrected chi connectivity index (χ1v) is 7.48. The highest BCUT2D eigenvalue weighted by Gasteiger charge is 2.31. The molecule has 2 aromatic rings. The van der Waals surface area contributed by atoms with Gasteiger partial charge < -0.3 is 13.9 Å². The zero-order valence-corrected chi connectivity index (χ0v) is 13.0. The van der Waals surface area contributed by atoms with Crippen LogP contribution < -0.4 is 0 Å². The van der Waals surface area contributed by atoms with Crippen LogP contribution in [0.1, 0.15) is 30.2 Å². The lowest BCUT2D eigenvalue weighted by Gasteiger charge is -2.35. The predicted octanol–water partition coefficient (Wildman–Crippen LogP) is 1.29. The van der Waals surface area contributed by atoms with Crippen molar-refractivity contribution in [3.63, 3.8) is 0 Å². The van der Waals surface area contributed by atoms with Gasteiger partial charge in [-0.1, -0.05) is 0 Å². The molecule has 1 aliphatic rings. The lowest BCUT2D eigenvalue weighted by Crippen LogP contribution is -2.39. The molecule has 2 aromatic heterocycles. The summed E-state index contributed by atoms with van der Waals surface area (Å²) >= 11 is 0. The molecule has 0 bridgehead atoms. The van der Waals surface area contributed by atoms with Crippen molar-refractivity contribution in [3.8, 4) is 0 Å². The molecule has 114 valence electrons. The van der Waals surface area contributed by atoms with E-state index in [1.54, 1.807) is 0 Å². The van der Waals surface area contributed by atoms with Crippen LogP contribution in [0.3, 0.4) is 0 Å². The smallest absolute Gasteiger partial charge is 0.122 e. The number of aryl methyl sites for hydroxylation is 2. The van der Waals surface area contributed by atoms with Crippen LogP contribution in [-0.2, 0) is 31.8 Å². The van der Waals surface area contributed by atoms with Gasteiger partial charge in [0.05, 0.1) is 36.9 Å². The molecular formula is C15H23N5O. The Bertz CT molecular complexity index is 603. The van der Waals surface area contributed by atoms with E-state index in [4.69, 9.17) is 4.74 Å². The van der Waals surface area contributed by atoms with Gasteiger partial charge in [-0.2, -0.15) is 0 Å². The number of hydrogen-bond acceptors (Lipinski definition) is 4. The molecule has 0 spiro atoms. The Balaban J connectivity index is 1.85. The highest BCUT2D eigenvalue weighted by Crippen LogP contribution is 2.30. The fraction of sp³-hybridized carbons (Fsp3) is 0.600. The SMILES string of the molecule is CCOCC1c2c(ncn2C)CCN1Cc1nccn1C. The van der Waals surface area contributed by atoms with Crippen LogP contribution in [0, 0.1) is 0 Å². The molecule has 6 nitrogen and oxygen atoms in total. The van der Waals surface area contributed by atoms with E-state index >= 15 is 0 Å². The number of imidazole rings is 2. The largest absolute Gasteiger partial charge is 0.380 e. The number of nitrogens with zero attached hydrogens (tertiary/aromatic N) is 5. The fourth-order valence-electron chi connectivity index (χ4n) is 3.02. The van der Waals surface area contributed by atoms with Gasteiger partial charge in [0.15, 0.2) is 0 Å². The van der Waals surface area contributed by atoms with Crippen LogP contribution in [0.15, 0.2) is 18.7 Å². The molecule has 0 fully saturated rings. The molecule has 0 aliphatic carbocycles. The van der Waals surface area contributed by atoms with E-state index in [-0.39, 0.29) is 6.04 Å². The molecule has 1 atom stereocenters. The first-order chi connectivity index (χ1) is 10.2. The van der Waals surface area contributed by atoms with Gasteiger partial charge in [-0.05, 0) is 6.92 Å². The number of rotatable bonds is 5. The summed E-state index contributed by atoms with van der Waals surface area (Å²) in [5.74, 6) is 1.09. The first kappa shape index (κ1) is 14.3.